The third-order valence-electron chi connectivity index (χ3n) is 3.13. The largest absolute Gasteiger partial charge is 0.278 e. The number of aromatic nitrogens is 2. The number of H-pyrrole nitrogens is 1. The molecule has 0 amide bonds. The van der Waals surface area contributed by atoms with Gasteiger partial charge in [-0.3, -0.25) is 5.10 Å². The normalized spacial score (nSPS) is 16.1. The lowest BCUT2D eigenvalue weighted by molar-refractivity contribution is 0.976. The van der Waals surface area contributed by atoms with Crippen LogP contribution in [0, 0.1) is 0 Å². The van der Waals surface area contributed by atoms with E-state index < -0.39 is 0 Å². The summed E-state index contributed by atoms with van der Waals surface area (Å²) in [6, 6.07) is 3.98. The van der Waals surface area contributed by atoms with Crippen molar-refractivity contribution in [2.24, 2.45) is 0 Å². The molecule has 0 aliphatic heterocycles. The highest BCUT2D eigenvalue weighted by molar-refractivity contribution is 6.32. The summed E-state index contributed by atoms with van der Waals surface area (Å²) in [5, 5.41) is 9.67. The van der Waals surface area contributed by atoms with Crippen molar-refractivity contribution < 1.29 is 0 Å². The minimum absolute atomic E-state index is 0.669. The van der Waals surface area contributed by atoms with Crippen molar-refractivity contribution in [1.82, 2.24) is 10.2 Å². The topological polar surface area (TPSA) is 28.7 Å². The van der Waals surface area contributed by atoms with Crippen LogP contribution in [0.2, 0.25) is 5.02 Å². The highest BCUT2D eigenvalue weighted by Gasteiger charge is 2.29. The number of nitrogens with zero attached hydrogens (tertiary/aromatic N) is 1. The quantitative estimate of drug-likeness (QED) is 0.822. The summed E-state index contributed by atoms with van der Waals surface area (Å²) >= 11 is 6.22. The fraction of sp³-hybridized carbons (Fsp3) is 0.417. The van der Waals surface area contributed by atoms with Gasteiger partial charge in [0, 0.05) is 16.3 Å². The van der Waals surface area contributed by atoms with E-state index in [0.29, 0.717) is 5.92 Å². The Morgan fingerprint density at radius 1 is 1.47 bits per heavy atom. The van der Waals surface area contributed by atoms with Crippen LogP contribution in [-0.4, -0.2) is 10.2 Å². The number of hydrogen-bond donors (Lipinski definition) is 1. The molecule has 1 aliphatic rings. The lowest BCUT2D eigenvalue weighted by Crippen LogP contribution is -1.87. The Balaban J connectivity index is 2.33. The van der Waals surface area contributed by atoms with Crippen LogP contribution in [0.4, 0.5) is 0 Å². The van der Waals surface area contributed by atoms with E-state index in [0.717, 1.165) is 17.0 Å². The molecule has 1 heterocycles. The Morgan fingerprint density at radius 2 is 2.27 bits per heavy atom. The Labute approximate surface area is 93.6 Å². The molecule has 0 radical (unpaired) electrons. The monoisotopic (exact) mass is 220 g/mol. The Hall–Kier alpha value is -1.02. The number of benzene rings is 1. The molecule has 1 saturated carbocycles. The van der Waals surface area contributed by atoms with E-state index in [1.165, 1.54) is 29.5 Å². The summed E-state index contributed by atoms with van der Waals surface area (Å²) in [7, 11) is 0. The average Bonchev–Trinajstić information content (AvgIpc) is 2.99. The number of aryl methyl sites for hydroxylation is 1. The fourth-order valence-corrected chi connectivity index (χ4v) is 2.47. The van der Waals surface area contributed by atoms with Crippen molar-refractivity contribution in [2.75, 3.05) is 0 Å². The number of halogens is 1. The maximum Gasteiger partial charge on any atom is 0.0735 e. The molecule has 0 saturated heterocycles. The van der Waals surface area contributed by atoms with Crippen LogP contribution in [0.25, 0.3) is 10.9 Å². The van der Waals surface area contributed by atoms with Crippen molar-refractivity contribution in [1.29, 1.82) is 0 Å². The van der Waals surface area contributed by atoms with Crippen LogP contribution in [0.5, 0.6) is 0 Å². The van der Waals surface area contributed by atoms with Gasteiger partial charge in [0.15, 0.2) is 0 Å². The van der Waals surface area contributed by atoms with Crippen molar-refractivity contribution in [3.63, 3.8) is 0 Å². The predicted molar refractivity (Wildman–Crippen MR) is 62.5 cm³/mol. The zero-order valence-corrected chi connectivity index (χ0v) is 9.43. The van der Waals surface area contributed by atoms with Crippen molar-refractivity contribution in [2.45, 2.75) is 32.1 Å². The molecule has 2 aromatic rings. The second kappa shape index (κ2) is 3.24. The Morgan fingerprint density at radius 3 is 2.93 bits per heavy atom. The molecule has 1 N–H and O–H groups in total. The summed E-state index contributed by atoms with van der Waals surface area (Å²) in [5.74, 6) is 0.669. The molecule has 0 unspecified atom stereocenters. The predicted octanol–water partition coefficient (Wildman–Crippen LogP) is 3.66. The van der Waals surface area contributed by atoms with E-state index in [1.807, 2.05) is 12.1 Å². The van der Waals surface area contributed by atoms with E-state index >= 15 is 0 Å². The highest BCUT2D eigenvalue weighted by Crippen LogP contribution is 2.43. The number of hydrogen-bond acceptors (Lipinski definition) is 1. The van der Waals surface area contributed by atoms with Gasteiger partial charge in [0.1, 0.15) is 0 Å². The second-order valence-corrected chi connectivity index (χ2v) is 4.59. The summed E-state index contributed by atoms with van der Waals surface area (Å²) in [4.78, 5) is 0. The smallest absolute Gasteiger partial charge is 0.0735 e. The molecule has 3 rings (SSSR count). The standard InChI is InChI=1S/C12H13ClN2/c1-2-8-9(13)5-6-10-11(8)12(15-14-10)7-3-4-7/h5-7H,2-4H2,1H3,(H,14,15). The van der Waals surface area contributed by atoms with Gasteiger partial charge < -0.3 is 0 Å². The highest BCUT2D eigenvalue weighted by atomic mass is 35.5. The molecule has 2 nitrogen and oxygen atoms in total. The lowest BCUT2D eigenvalue weighted by Gasteiger charge is -2.04. The van der Waals surface area contributed by atoms with Gasteiger partial charge >= 0.3 is 0 Å². The first kappa shape index (κ1) is 9.22. The molecule has 0 spiro atoms. The summed E-state index contributed by atoms with van der Waals surface area (Å²) in [6.45, 7) is 2.14. The average molecular weight is 221 g/mol. The maximum atomic E-state index is 6.22. The first-order valence-corrected chi connectivity index (χ1v) is 5.84. The van der Waals surface area contributed by atoms with Gasteiger partial charge in [0.05, 0.1) is 11.2 Å². The van der Waals surface area contributed by atoms with E-state index in [9.17, 15) is 0 Å². The lowest BCUT2D eigenvalue weighted by atomic mass is 10.0. The van der Waals surface area contributed by atoms with Gasteiger partial charge in [-0.1, -0.05) is 18.5 Å². The number of aromatic amines is 1. The zero-order chi connectivity index (χ0) is 10.4. The van der Waals surface area contributed by atoms with Gasteiger partial charge in [0.25, 0.3) is 0 Å². The molecule has 0 atom stereocenters. The van der Waals surface area contributed by atoms with Crippen molar-refractivity contribution in [3.8, 4) is 0 Å². The fourth-order valence-electron chi connectivity index (χ4n) is 2.18. The van der Waals surface area contributed by atoms with Gasteiger partial charge in [-0.2, -0.15) is 5.10 Å². The minimum Gasteiger partial charge on any atom is -0.278 e. The maximum absolute atomic E-state index is 6.22. The van der Waals surface area contributed by atoms with Gasteiger partial charge in [-0.05, 0) is 37.0 Å². The van der Waals surface area contributed by atoms with Crippen LogP contribution in [0.15, 0.2) is 12.1 Å². The SMILES string of the molecule is CCc1c(Cl)ccc2[nH]nc(C3CC3)c12. The minimum atomic E-state index is 0.669. The van der Waals surface area contributed by atoms with E-state index in [1.54, 1.807) is 0 Å². The van der Waals surface area contributed by atoms with Gasteiger partial charge in [0.2, 0.25) is 0 Å². The molecular weight excluding hydrogens is 208 g/mol. The first-order chi connectivity index (χ1) is 7.31. The van der Waals surface area contributed by atoms with E-state index in [4.69, 9.17) is 11.6 Å². The molecular formula is C12H13ClN2. The summed E-state index contributed by atoms with van der Waals surface area (Å²) in [5.41, 5.74) is 3.59. The number of fused-ring (bicyclic) bond motifs is 1. The van der Waals surface area contributed by atoms with Crippen molar-refractivity contribution in [3.05, 3.63) is 28.4 Å². The third kappa shape index (κ3) is 1.36. The Kier molecular flexibility index (Phi) is 1.99. The van der Waals surface area contributed by atoms with Crippen LogP contribution in [0.1, 0.15) is 36.9 Å². The van der Waals surface area contributed by atoms with Gasteiger partial charge in [-0.15, -0.1) is 0 Å². The van der Waals surface area contributed by atoms with Crippen LogP contribution >= 0.6 is 11.6 Å². The summed E-state index contributed by atoms with van der Waals surface area (Å²) < 4.78 is 0. The third-order valence-corrected chi connectivity index (χ3v) is 3.48. The van der Waals surface area contributed by atoms with E-state index in [2.05, 4.69) is 17.1 Å². The number of nitrogens with one attached hydrogen (secondary N) is 1. The molecule has 3 heteroatoms. The molecule has 1 aliphatic carbocycles. The first-order valence-electron chi connectivity index (χ1n) is 5.46. The Bertz CT molecular complexity index is 512. The number of rotatable bonds is 2. The van der Waals surface area contributed by atoms with Gasteiger partial charge in [-0.25, -0.2) is 0 Å². The van der Waals surface area contributed by atoms with E-state index in [-0.39, 0.29) is 0 Å². The van der Waals surface area contributed by atoms with Crippen LogP contribution in [0.3, 0.4) is 0 Å². The molecule has 1 aromatic carbocycles. The van der Waals surface area contributed by atoms with Crippen LogP contribution < -0.4 is 0 Å². The molecule has 1 fully saturated rings. The molecule has 0 bridgehead atoms. The molecule has 1 aromatic heterocycles. The van der Waals surface area contributed by atoms with Crippen LogP contribution in [-0.2, 0) is 6.42 Å². The summed E-state index contributed by atoms with van der Waals surface area (Å²) in [6.07, 6.45) is 3.51. The second-order valence-electron chi connectivity index (χ2n) is 4.19. The molecule has 15 heavy (non-hydrogen) atoms. The van der Waals surface area contributed by atoms with Crippen molar-refractivity contribution >= 4 is 22.5 Å². The molecule has 78 valence electrons. The zero-order valence-electron chi connectivity index (χ0n) is 8.68.